The molecule has 0 spiro atoms. The second-order valence-corrected chi connectivity index (χ2v) is 3.04. The normalized spacial score (nSPS) is 9.69. The molecule has 0 bridgehead atoms. The topological polar surface area (TPSA) is 41.6 Å². The summed E-state index contributed by atoms with van der Waals surface area (Å²) in [5.41, 5.74) is 3.37. The monoisotopic (exact) mass is 175 g/mol. The smallest absolute Gasteiger partial charge is 0.145 e. The lowest BCUT2D eigenvalue weighted by molar-refractivity contribution is 0.736. The highest BCUT2D eigenvalue weighted by atomic mass is 15.3. The van der Waals surface area contributed by atoms with Crippen LogP contribution >= 0.6 is 0 Å². The number of nitrogens with zero attached hydrogens (tertiary/aromatic N) is 3. The summed E-state index contributed by atoms with van der Waals surface area (Å²) in [6.45, 7) is 7.78. The number of aromatic nitrogens is 2. The van der Waals surface area contributed by atoms with Crippen LogP contribution in [0.15, 0.2) is 6.58 Å². The lowest BCUT2D eigenvalue weighted by atomic mass is 10.1. The SMILES string of the molecule is C=C(C)c1c(CC)nn(C)c1C#N. The Bertz CT molecular complexity index is 380. The van der Waals surface area contributed by atoms with Gasteiger partial charge in [-0.2, -0.15) is 10.4 Å². The summed E-state index contributed by atoms with van der Waals surface area (Å²) < 4.78 is 1.61. The highest BCUT2D eigenvalue weighted by molar-refractivity contribution is 5.68. The molecule has 0 aliphatic rings. The average Bonchev–Trinajstić information content (AvgIpc) is 2.41. The van der Waals surface area contributed by atoms with Gasteiger partial charge in [-0.05, 0) is 18.9 Å². The summed E-state index contributed by atoms with van der Waals surface area (Å²) >= 11 is 0. The van der Waals surface area contributed by atoms with E-state index in [1.807, 2.05) is 13.8 Å². The maximum absolute atomic E-state index is 8.91. The molecule has 0 saturated carbocycles. The molecule has 0 unspecified atom stereocenters. The van der Waals surface area contributed by atoms with Gasteiger partial charge in [0, 0.05) is 12.6 Å². The number of aryl methyl sites for hydroxylation is 2. The fourth-order valence-corrected chi connectivity index (χ4v) is 1.40. The Labute approximate surface area is 78.3 Å². The first-order valence-corrected chi connectivity index (χ1v) is 4.23. The molecule has 1 rings (SSSR count). The Balaban J connectivity index is 3.43. The second-order valence-electron chi connectivity index (χ2n) is 3.04. The molecule has 1 aromatic rings. The molecule has 1 aromatic heterocycles. The summed E-state index contributed by atoms with van der Waals surface area (Å²) in [6.07, 6.45) is 0.831. The summed E-state index contributed by atoms with van der Waals surface area (Å²) in [7, 11) is 1.78. The molecule has 0 saturated heterocycles. The van der Waals surface area contributed by atoms with E-state index >= 15 is 0 Å². The molecule has 13 heavy (non-hydrogen) atoms. The van der Waals surface area contributed by atoms with Crippen LogP contribution < -0.4 is 0 Å². The molecule has 0 N–H and O–H groups in total. The highest BCUT2D eigenvalue weighted by Crippen LogP contribution is 2.20. The van der Waals surface area contributed by atoms with Gasteiger partial charge in [0.25, 0.3) is 0 Å². The molecular weight excluding hydrogens is 162 g/mol. The second kappa shape index (κ2) is 3.44. The van der Waals surface area contributed by atoms with Gasteiger partial charge >= 0.3 is 0 Å². The number of hydrogen-bond acceptors (Lipinski definition) is 2. The van der Waals surface area contributed by atoms with Crippen LogP contribution in [0, 0.1) is 11.3 Å². The maximum atomic E-state index is 8.91. The van der Waals surface area contributed by atoms with Crippen molar-refractivity contribution in [1.29, 1.82) is 5.26 Å². The van der Waals surface area contributed by atoms with E-state index in [0.29, 0.717) is 5.69 Å². The molecule has 0 amide bonds. The van der Waals surface area contributed by atoms with Gasteiger partial charge in [0.1, 0.15) is 11.8 Å². The predicted octanol–water partition coefficient (Wildman–Crippen LogP) is 1.89. The van der Waals surface area contributed by atoms with Crippen molar-refractivity contribution in [2.24, 2.45) is 7.05 Å². The molecule has 0 aromatic carbocycles. The van der Waals surface area contributed by atoms with Gasteiger partial charge in [0.2, 0.25) is 0 Å². The van der Waals surface area contributed by atoms with E-state index in [9.17, 15) is 0 Å². The highest BCUT2D eigenvalue weighted by Gasteiger charge is 2.14. The summed E-state index contributed by atoms with van der Waals surface area (Å²) in [4.78, 5) is 0. The van der Waals surface area contributed by atoms with Gasteiger partial charge in [-0.25, -0.2) is 0 Å². The molecule has 0 fully saturated rings. The zero-order chi connectivity index (χ0) is 10.0. The van der Waals surface area contributed by atoms with Crippen molar-refractivity contribution in [3.05, 3.63) is 23.5 Å². The van der Waals surface area contributed by atoms with E-state index in [1.54, 1.807) is 11.7 Å². The molecule has 0 aliphatic carbocycles. The Hall–Kier alpha value is -1.56. The lowest BCUT2D eigenvalue weighted by Crippen LogP contribution is -1.94. The Morgan fingerprint density at radius 2 is 2.31 bits per heavy atom. The Morgan fingerprint density at radius 1 is 1.69 bits per heavy atom. The quantitative estimate of drug-likeness (QED) is 0.688. The van der Waals surface area contributed by atoms with Crippen LogP contribution in [0.1, 0.15) is 30.8 Å². The van der Waals surface area contributed by atoms with Crippen LogP contribution in [0.5, 0.6) is 0 Å². The number of rotatable bonds is 2. The third kappa shape index (κ3) is 1.48. The van der Waals surface area contributed by atoms with Gasteiger partial charge in [-0.1, -0.05) is 13.5 Å². The van der Waals surface area contributed by atoms with Crippen LogP contribution in [0.25, 0.3) is 5.57 Å². The fourth-order valence-electron chi connectivity index (χ4n) is 1.40. The van der Waals surface area contributed by atoms with Gasteiger partial charge in [0.15, 0.2) is 0 Å². The third-order valence-electron chi connectivity index (χ3n) is 1.99. The standard InChI is InChI=1S/C10H13N3/c1-5-8-10(7(2)3)9(6-11)13(4)12-8/h2,5H2,1,3-4H3. The van der Waals surface area contributed by atoms with Crippen LogP contribution in [-0.2, 0) is 13.5 Å². The van der Waals surface area contributed by atoms with E-state index in [2.05, 4.69) is 17.7 Å². The van der Waals surface area contributed by atoms with Crippen LogP contribution in [-0.4, -0.2) is 9.78 Å². The summed E-state index contributed by atoms with van der Waals surface area (Å²) in [5.74, 6) is 0. The Morgan fingerprint density at radius 3 is 2.69 bits per heavy atom. The van der Waals surface area contributed by atoms with Crippen molar-refractivity contribution in [1.82, 2.24) is 9.78 Å². The molecule has 3 nitrogen and oxygen atoms in total. The van der Waals surface area contributed by atoms with Crippen molar-refractivity contribution in [3.63, 3.8) is 0 Å². The van der Waals surface area contributed by atoms with E-state index < -0.39 is 0 Å². The third-order valence-corrected chi connectivity index (χ3v) is 1.99. The van der Waals surface area contributed by atoms with E-state index in [4.69, 9.17) is 5.26 Å². The van der Waals surface area contributed by atoms with Crippen molar-refractivity contribution >= 4 is 5.57 Å². The Kier molecular flexibility index (Phi) is 2.52. The molecule has 0 atom stereocenters. The first kappa shape index (κ1) is 9.53. The molecule has 1 heterocycles. The zero-order valence-corrected chi connectivity index (χ0v) is 8.26. The van der Waals surface area contributed by atoms with Crippen LogP contribution in [0.3, 0.4) is 0 Å². The maximum Gasteiger partial charge on any atom is 0.145 e. The van der Waals surface area contributed by atoms with E-state index in [0.717, 1.165) is 23.3 Å². The molecule has 68 valence electrons. The summed E-state index contributed by atoms with van der Waals surface area (Å²) in [5, 5.41) is 13.2. The average molecular weight is 175 g/mol. The minimum atomic E-state index is 0.601. The van der Waals surface area contributed by atoms with Gasteiger partial charge in [-0.15, -0.1) is 0 Å². The van der Waals surface area contributed by atoms with Gasteiger partial charge in [-0.3, -0.25) is 4.68 Å². The van der Waals surface area contributed by atoms with Gasteiger partial charge < -0.3 is 0 Å². The molecule has 0 aliphatic heterocycles. The van der Waals surface area contributed by atoms with Crippen LogP contribution in [0.2, 0.25) is 0 Å². The van der Waals surface area contributed by atoms with Crippen LogP contribution in [0.4, 0.5) is 0 Å². The molecular formula is C10H13N3. The van der Waals surface area contributed by atoms with Crippen molar-refractivity contribution in [2.75, 3.05) is 0 Å². The number of nitriles is 1. The van der Waals surface area contributed by atoms with Crippen molar-refractivity contribution in [3.8, 4) is 6.07 Å². The van der Waals surface area contributed by atoms with Gasteiger partial charge in [0.05, 0.1) is 5.69 Å². The minimum Gasteiger partial charge on any atom is -0.257 e. The lowest BCUT2D eigenvalue weighted by Gasteiger charge is -1.97. The first-order valence-electron chi connectivity index (χ1n) is 4.23. The van der Waals surface area contributed by atoms with E-state index in [-0.39, 0.29) is 0 Å². The molecule has 0 radical (unpaired) electrons. The predicted molar refractivity (Wildman–Crippen MR) is 52.0 cm³/mol. The minimum absolute atomic E-state index is 0.601. The largest absolute Gasteiger partial charge is 0.257 e. The van der Waals surface area contributed by atoms with Crippen molar-refractivity contribution in [2.45, 2.75) is 20.3 Å². The number of hydrogen-bond donors (Lipinski definition) is 0. The fraction of sp³-hybridized carbons (Fsp3) is 0.400. The summed E-state index contributed by atoms with van der Waals surface area (Å²) in [6, 6.07) is 2.14. The first-order chi connectivity index (χ1) is 6.11. The van der Waals surface area contributed by atoms with E-state index in [1.165, 1.54) is 0 Å². The number of allylic oxidation sites excluding steroid dienone is 1. The van der Waals surface area contributed by atoms with Crippen molar-refractivity contribution < 1.29 is 0 Å². The molecule has 3 heteroatoms. The zero-order valence-electron chi connectivity index (χ0n) is 8.26.